The smallest absolute Gasteiger partial charge is 0.311 e. The lowest BCUT2D eigenvalue weighted by atomic mass is 10.3. The lowest BCUT2D eigenvalue weighted by molar-refractivity contribution is -0.141. The molecule has 0 aliphatic heterocycles. The highest BCUT2D eigenvalue weighted by atomic mass is 16.5. The van der Waals surface area contributed by atoms with Crippen molar-refractivity contribution in [2.45, 2.75) is 19.8 Å². The fourth-order valence-electron chi connectivity index (χ4n) is 0.478. The Balaban J connectivity index is 3.39. The van der Waals surface area contributed by atoms with Gasteiger partial charge in [0, 0.05) is 5.71 Å². The molecule has 4 heteroatoms. The van der Waals surface area contributed by atoms with Crippen molar-refractivity contribution < 1.29 is 9.53 Å². The molecule has 0 aliphatic carbocycles. The van der Waals surface area contributed by atoms with Gasteiger partial charge in [0.2, 0.25) is 0 Å². The number of carbonyl (C=O) groups excluding carboxylic acids is 1. The molecule has 0 aliphatic rings. The number of carbonyl (C=O) groups is 1. The normalized spacial score (nSPS) is 8.36. The van der Waals surface area contributed by atoms with Crippen LogP contribution >= 0.6 is 0 Å². The summed E-state index contributed by atoms with van der Waals surface area (Å²) in [5.74, 6) is -0.437. The minimum Gasteiger partial charge on any atom is -0.464 e. The summed E-state index contributed by atoms with van der Waals surface area (Å²) in [6.45, 7) is 1.66. The number of esters is 1. The molecule has 0 unspecified atom stereocenters. The highest BCUT2D eigenvalue weighted by Crippen LogP contribution is 1.89. The van der Waals surface area contributed by atoms with E-state index in [-0.39, 0.29) is 25.2 Å². The van der Waals surface area contributed by atoms with Gasteiger partial charge in [0.05, 0.1) is 18.9 Å². The molecule has 0 atom stereocenters. The van der Waals surface area contributed by atoms with Crippen molar-refractivity contribution >= 4 is 11.7 Å². The molecule has 0 spiro atoms. The van der Waals surface area contributed by atoms with Crippen LogP contribution < -0.4 is 0 Å². The number of ether oxygens (including phenoxy) is 1. The zero-order chi connectivity index (χ0) is 8.69. The second-order valence-corrected chi connectivity index (χ2v) is 2.09. The molecule has 1 N–H and O–H groups in total. The number of rotatable bonds is 4. The zero-order valence-corrected chi connectivity index (χ0v) is 6.39. The lowest BCUT2D eigenvalue weighted by Crippen LogP contribution is -2.08. The van der Waals surface area contributed by atoms with Crippen LogP contribution in [-0.2, 0) is 9.53 Å². The third-order valence-corrected chi connectivity index (χ3v) is 0.886. The van der Waals surface area contributed by atoms with E-state index in [1.165, 1.54) is 6.92 Å². The fourth-order valence-corrected chi connectivity index (χ4v) is 0.478. The van der Waals surface area contributed by atoms with Gasteiger partial charge in [0.1, 0.15) is 6.61 Å². The predicted octanol–water partition coefficient (Wildman–Crippen LogP) is 0.873. The molecule has 0 fully saturated rings. The molecule has 11 heavy (non-hydrogen) atoms. The summed E-state index contributed by atoms with van der Waals surface area (Å²) in [4.78, 5) is 10.7. The molecule has 0 saturated carbocycles. The summed E-state index contributed by atoms with van der Waals surface area (Å²) in [6.07, 6.45) is 0.230. The standard InChI is InChI=1S/C7H10N2O2/c1-6(9)5-7(10)11-4-2-3-8/h9H,2,4-5H2,1H3. The summed E-state index contributed by atoms with van der Waals surface area (Å²) in [5.41, 5.74) is 0.270. The van der Waals surface area contributed by atoms with Gasteiger partial charge < -0.3 is 10.1 Å². The third-order valence-electron chi connectivity index (χ3n) is 0.886. The SMILES string of the molecule is CC(=N)CC(=O)OCCC#N. The van der Waals surface area contributed by atoms with E-state index in [0.717, 1.165) is 0 Å². The number of hydrogen-bond donors (Lipinski definition) is 1. The second-order valence-electron chi connectivity index (χ2n) is 2.09. The Kier molecular flexibility index (Phi) is 4.74. The first kappa shape index (κ1) is 9.63. The van der Waals surface area contributed by atoms with E-state index >= 15 is 0 Å². The largest absolute Gasteiger partial charge is 0.464 e. The van der Waals surface area contributed by atoms with Gasteiger partial charge in [0.15, 0.2) is 0 Å². The van der Waals surface area contributed by atoms with Crippen LogP contribution in [0.4, 0.5) is 0 Å². The molecule has 0 rings (SSSR count). The summed E-state index contributed by atoms with van der Waals surface area (Å²) in [5, 5.41) is 15.0. The van der Waals surface area contributed by atoms with E-state index in [9.17, 15) is 4.79 Å². The van der Waals surface area contributed by atoms with E-state index in [4.69, 9.17) is 10.7 Å². The van der Waals surface area contributed by atoms with Crippen molar-refractivity contribution in [3.8, 4) is 6.07 Å². The quantitative estimate of drug-likeness (QED) is 0.371. The van der Waals surface area contributed by atoms with Crippen LogP contribution in [0.2, 0.25) is 0 Å². The van der Waals surface area contributed by atoms with Crippen LogP contribution in [0.15, 0.2) is 0 Å². The Labute approximate surface area is 65.3 Å². The number of nitrogens with one attached hydrogen (secondary N) is 1. The van der Waals surface area contributed by atoms with Gasteiger partial charge in [-0.1, -0.05) is 0 Å². The van der Waals surface area contributed by atoms with Crippen molar-refractivity contribution in [1.29, 1.82) is 10.7 Å². The zero-order valence-electron chi connectivity index (χ0n) is 6.39. The Morgan fingerprint density at radius 2 is 2.36 bits per heavy atom. The van der Waals surface area contributed by atoms with Crippen molar-refractivity contribution in [3.05, 3.63) is 0 Å². The van der Waals surface area contributed by atoms with Crippen LogP contribution in [0, 0.1) is 16.7 Å². The summed E-state index contributed by atoms with van der Waals surface area (Å²) in [7, 11) is 0. The molecule has 0 aromatic heterocycles. The molecule has 0 amide bonds. The first-order chi connectivity index (χ1) is 5.16. The van der Waals surface area contributed by atoms with Crippen molar-refractivity contribution in [3.63, 3.8) is 0 Å². The Morgan fingerprint density at radius 1 is 1.73 bits per heavy atom. The van der Waals surface area contributed by atoms with Gasteiger partial charge in [-0.3, -0.25) is 4.79 Å². The van der Waals surface area contributed by atoms with Gasteiger partial charge in [-0.2, -0.15) is 5.26 Å². The molecule has 0 bridgehead atoms. The molecule has 60 valence electrons. The number of hydrogen-bond acceptors (Lipinski definition) is 4. The van der Waals surface area contributed by atoms with E-state index < -0.39 is 5.97 Å². The second kappa shape index (κ2) is 5.42. The Hall–Kier alpha value is -1.37. The maximum Gasteiger partial charge on any atom is 0.311 e. The van der Waals surface area contributed by atoms with E-state index in [1.54, 1.807) is 0 Å². The number of nitrogens with zero attached hydrogens (tertiary/aromatic N) is 1. The Morgan fingerprint density at radius 3 is 2.82 bits per heavy atom. The molecule has 0 aromatic rings. The molecule has 0 saturated heterocycles. The maximum absolute atomic E-state index is 10.7. The van der Waals surface area contributed by atoms with E-state index in [2.05, 4.69) is 4.74 Å². The molecular weight excluding hydrogens is 144 g/mol. The van der Waals surface area contributed by atoms with Gasteiger partial charge in [-0.15, -0.1) is 0 Å². The maximum atomic E-state index is 10.7. The van der Waals surface area contributed by atoms with Crippen molar-refractivity contribution in [1.82, 2.24) is 0 Å². The lowest BCUT2D eigenvalue weighted by Gasteiger charge is -1.99. The molecule has 0 radical (unpaired) electrons. The van der Waals surface area contributed by atoms with Crippen LogP contribution in [0.25, 0.3) is 0 Å². The van der Waals surface area contributed by atoms with Crippen molar-refractivity contribution in [2.24, 2.45) is 0 Å². The van der Waals surface area contributed by atoms with Crippen LogP contribution in [-0.4, -0.2) is 18.3 Å². The predicted molar refractivity (Wildman–Crippen MR) is 39.2 cm³/mol. The van der Waals surface area contributed by atoms with Gasteiger partial charge in [-0.25, -0.2) is 0 Å². The average molecular weight is 154 g/mol. The highest BCUT2D eigenvalue weighted by Gasteiger charge is 2.02. The summed E-state index contributed by atoms with van der Waals surface area (Å²) in [6, 6.07) is 1.85. The van der Waals surface area contributed by atoms with Gasteiger partial charge in [-0.05, 0) is 6.92 Å². The first-order valence-electron chi connectivity index (χ1n) is 3.23. The van der Waals surface area contributed by atoms with Crippen LogP contribution in [0.1, 0.15) is 19.8 Å². The minimum atomic E-state index is -0.437. The van der Waals surface area contributed by atoms with Crippen LogP contribution in [0.3, 0.4) is 0 Å². The topological polar surface area (TPSA) is 73.9 Å². The van der Waals surface area contributed by atoms with E-state index in [1.807, 2.05) is 6.07 Å². The first-order valence-corrected chi connectivity index (χ1v) is 3.23. The average Bonchev–Trinajstić information content (AvgIpc) is 1.86. The van der Waals surface area contributed by atoms with Crippen LogP contribution in [0.5, 0.6) is 0 Å². The molecular formula is C7H10N2O2. The summed E-state index contributed by atoms with van der Waals surface area (Å²) < 4.78 is 4.59. The van der Waals surface area contributed by atoms with Gasteiger partial charge in [0.25, 0.3) is 0 Å². The fraction of sp³-hybridized carbons (Fsp3) is 0.571. The van der Waals surface area contributed by atoms with E-state index in [0.29, 0.717) is 0 Å². The highest BCUT2D eigenvalue weighted by molar-refractivity contribution is 5.95. The molecule has 0 heterocycles. The molecule has 0 aromatic carbocycles. The molecule has 4 nitrogen and oxygen atoms in total. The van der Waals surface area contributed by atoms with Crippen molar-refractivity contribution in [2.75, 3.05) is 6.61 Å². The number of nitriles is 1. The van der Waals surface area contributed by atoms with Gasteiger partial charge >= 0.3 is 5.97 Å². The monoisotopic (exact) mass is 154 g/mol. The Bertz CT molecular complexity index is 193. The minimum absolute atomic E-state index is 0.0193. The summed E-state index contributed by atoms with van der Waals surface area (Å²) >= 11 is 0. The third kappa shape index (κ3) is 6.52.